The van der Waals surface area contributed by atoms with Gasteiger partial charge in [-0.2, -0.15) is 0 Å². The SMILES string of the molecule is CCCCCCC(C)NC(=O)N(CC(=O)O)C1CC1. The predicted molar refractivity (Wildman–Crippen MR) is 74.1 cm³/mol. The number of nitrogens with zero attached hydrogens (tertiary/aromatic N) is 1. The second kappa shape index (κ2) is 8.02. The number of carbonyl (C=O) groups is 2. The molecule has 0 spiro atoms. The highest BCUT2D eigenvalue weighted by Gasteiger charge is 2.34. The van der Waals surface area contributed by atoms with Crippen LogP contribution in [0.2, 0.25) is 0 Å². The Kier molecular flexibility index (Phi) is 6.67. The maximum atomic E-state index is 12.0. The van der Waals surface area contributed by atoms with Gasteiger partial charge in [-0.05, 0) is 26.2 Å². The number of unbranched alkanes of at least 4 members (excludes halogenated alkanes) is 3. The zero-order valence-electron chi connectivity index (χ0n) is 12.0. The molecule has 0 aliphatic heterocycles. The van der Waals surface area contributed by atoms with Gasteiger partial charge in [-0.1, -0.05) is 32.6 Å². The summed E-state index contributed by atoms with van der Waals surface area (Å²) in [5.41, 5.74) is 0. The summed E-state index contributed by atoms with van der Waals surface area (Å²) in [5, 5.41) is 11.7. The van der Waals surface area contributed by atoms with E-state index in [1.165, 1.54) is 24.2 Å². The third-order valence-corrected chi connectivity index (χ3v) is 3.41. The van der Waals surface area contributed by atoms with E-state index in [0.717, 1.165) is 25.7 Å². The van der Waals surface area contributed by atoms with Crippen molar-refractivity contribution in [2.75, 3.05) is 6.54 Å². The molecule has 1 aliphatic rings. The van der Waals surface area contributed by atoms with E-state index in [9.17, 15) is 9.59 Å². The number of hydrogen-bond acceptors (Lipinski definition) is 2. The fourth-order valence-corrected chi connectivity index (χ4v) is 2.14. The molecule has 1 fully saturated rings. The van der Waals surface area contributed by atoms with Crippen LogP contribution in [0.4, 0.5) is 4.79 Å². The first-order valence-corrected chi connectivity index (χ1v) is 7.33. The topological polar surface area (TPSA) is 69.6 Å². The molecule has 1 saturated carbocycles. The van der Waals surface area contributed by atoms with Crippen molar-refractivity contribution in [1.82, 2.24) is 10.2 Å². The average Bonchev–Trinajstić information content (AvgIpc) is 3.15. The zero-order chi connectivity index (χ0) is 14.3. The summed E-state index contributed by atoms with van der Waals surface area (Å²) in [6.45, 7) is 3.96. The number of carbonyl (C=O) groups excluding carboxylic acids is 1. The van der Waals surface area contributed by atoms with Crippen molar-refractivity contribution < 1.29 is 14.7 Å². The molecule has 1 unspecified atom stereocenters. The van der Waals surface area contributed by atoms with Gasteiger partial charge in [-0.3, -0.25) is 4.79 Å². The highest BCUT2D eigenvalue weighted by atomic mass is 16.4. The monoisotopic (exact) mass is 270 g/mol. The molecule has 0 radical (unpaired) electrons. The Balaban J connectivity index is 2.28. The van der Waals surface area contributed by atoms with Crippen LogP contribution < -0.4 is 5.32 Å². The van der Waals surface area contributed by atoms with Gasteiger partial charge in [0.25, 0.3) is 0 Å². The zero-order valence-corrected chi connectivity index (χ0v) is 12.0. The summed E-state index contributed by atoms with van der Waals surface area (Å²) in [6.07, 6.45) is 7.53. The van der Waals surface area contributed by atoms with Crippen molar-refractivity contribution in [3.8, 4) is 0 Å². The smallest absolute Gasteiger partial charge is 0.323 e. The summed E-state index contributed by atoms with van der Waals surface area (Å²) >= 11 is 0. The van der Waals surface area contributed by atoms with Crippen molar-refractivity contribution >= 4 is 12.0 Å². The van der Waals surface area contributed by atoms with Gasteiger partial charge >= 0.3 is 12.0 Å². The molecular weight excluding hydrogens is 244 g/mol. The molecule has 1 aliphatic carbocycles. The molecule has 2 amide bonds. The van der Waals surface area contributed by atoms with Crippen LogP contribution in [0.5, 0.6) is 0 Å². The van der Waals surface area contributed by atoms with Crippen LogP contribution in [0.3, 0.4) is 0 Å². The average molecular weight is 270 g/mol. The Bertz CT molecular complexity index is 303. The highest BCUT2D eigenvalue weighted by molar-refractivity contribution is 5.80. The van der Waals surface area contributed by atoms with Gasteiger partial charge in [0.2, 0.25) is 0 Å². The Morgan fingerprint density at radius 1 is 1.32 bits per heavy atom. The quantitative estimate of drug-likeness (QED) is 0.633. The van der Waals surface area contributed by atoms with E-state index in [1.54, 1.807) is 0 Å². The molecule has 0 bridgehead atoms. The van der Waals surface area contributed by atoms with Crippen molar-refractivity contribution in [3.63, 3.8) is 0 Å². The maximum Gasteiger partial charge on any atom is 0.323 e. The molecule has 2 N–H and O–H groups in total. The van der Waals surface area contributed by atoms with Crippen LogP contribution in [0.15, 0.2) is 0 Å². The van der Waals surface area contributed by atoms with E-state index in [1.807, 2.05) is 6.92 Å². The van der Waals surface area contributed by atoms with E-state index in [-0.39, 0.29) is 24.7 Å². The Hall–Kier alpha value is -1.26. The normalized spacial score (nSPS) is 15.9. The van der Waals surface area contributed by atoms with Gasteiger partial charge in [0.05, 0.1) is 0 Å². The van der Waals surface area contributed by atoms with Gasteiger partial charge in [0.1, 0.15) is 6.54 Å². The number of amides is 2. The Morgan fingerprint density at radius 2 is 2.00 bits per heavy atom. The molecular formula is C14H26N2O3. The lowest BCUT2D eigenvalue weighted by Gasteiger charge is -2.23. The first-order chi connectivity index (χ1) is 9.04. The lowest BCUT2D eigenvalue weighted by Crippen LogP contribution is -2.47. The van der Waals surface area contributed by atoms with Gasteiger partial charge in [0.15, 0.2) is 0 Å². The minimum absolute atomic E-state index is 0.111. The van der Waals surface area contributed by atoms with Crippen molar-refractivity contribution in [2.24, 2.45) is 0 Å². The Labute approximate surface area is 115 Å². The van der Waals surface area contributed by atoms with Gasteiger partial charge in [0, 0.05) is 12.1 Å². The number of hydrogen-bond donors (Lipinski definition) is 2. The molecule has 5 nitrogen and oxygen atoms in total. The third-order valence-electron chi connectivity index (χ3n) is 3.41. The molecule has 19 heavy (non-hydrogen) atoms. The minimum Gasteiger partial charge on any atom is -0.480 e. The van der Waals surface area contributed by atoms with Crippen LogP contribution in [-0.2, 0) is 4.79 Å². The van der Waals surface area contributed by atoms with E-state index in [2.05, 4.69) is 12.2 Å². The number of carboxylic acids is 1. The van der Waals surface area contributed by atoms with Crippen LogP contribution >= 0.6 is 0 Å². The van der Waals surface area contributed by atoms with Crippen LogP contribution in [0, 0.1) is 0 Å². The van der Waals surface area contributed by atoms with Crippen LogP contribution in [0.1, 0.15) is 58.8 Å². The summed E-state index contributed by atoms with van der Waals surface area (Å²) in [7, 11) is 0. The molecule has 0 aromatic heterocycles. The fraction of sp³-hybridized carbons (Fsp3) is 0.857. The van der Waals surface area contributed by atoms with E-state index in [4.69, 9.17) is 5.11 Å². The second-order valence-electron chi connectivity index (χ2n) is 5.45. The van der Waals surface area contributed by atoms with Gasteiger partial charge in [-0.15, -0.1) is 0 Å². The first-order valence-electron chi connectivity index (χ1n) is 7.33. The standard InChI is InChI=1S/C14H26N2O3/c1-3-4-5-6-7-11(2)15-14(19)16(10-13(17)18)12-8-9-12/h11-12H,3-10H2,1-2H3,(H,15,19)(H,17,18). The van der Waals surface area contributed by atoms with Crippen molar-refractivity contribution in [3.05, 3.63) is 0 Å². The molecule has 5 heteroatoms. The molecule has 1 atom stereocenters. The Morgan fingerprint density at radius 3 is 2.53 bits per heavy atom. The third kappa shape index (κ3) is 6.45. The van der Waals surface area contributed by atoms with Gasteiger partial charge in [-0.25, -0.2) is 4.79 Å². The highest BCUT2D eigenvalue weighted by Crippen LogP contribution is 2.26. The lowest BCUT2D eigenvalue weighted by molar-refractivity contribution is -0.137. The first kappa shape index (κ1) is 15.8. The molecule has 1 rings (SSSR count). The fourth-order valence-electron chi connectivity index (χ4n) is 2.14. The number of aliphatic carboxylic acids is 1. The summed E-state index contributed by atoms with van der Waals surface area (Å²) in [4.78, 5) is 24.2. The number of nitrogens with one attached hydrogen (secondary N) is 1. The maximum absolute atomic E-state index is 12.0. The van der Waals surface area contributed by atoms with Crippen LogP contribution in [0.25, 0.3) is 0 Å². The van der Waals surface area contributed by atoms with E-state index >= 15 is 0 Å². The number of carboxylic acid groups (broad SMARTS) is 1. The lowest BCUT2D eigenvalue weighted by atomic mass is 10.1. The summed E-state index contributed by atoms with van der Waals surface area (Å²) in [6, 6.07) is 0.00989. The largest absolute Gasteiger partial charge is 0.480 e. The number of rotatable bonds is 9. The minimum atomic E-state index is -0.947. The van der Waals surface area contributed by atoms with Crippen LogP contribution in [-0.4, -0.2) is 40.6 Å². The molecule has 0 aromatic carbocycles. The van der Waals surface area contributed by atoms with E-state index in [0.29, 0.717) is 0 Å². The summed E-state index contributed by atoms with van der Waals surface area (Å²) < 4.78 is 0. The molecule has 110 valence electrons. The predicted octanol–water partition coefficient (Wildman–Crippen LogP) is 2.60. The molecule has 0 aromatic rings. The van der Waals surface area contributed by atoms with Crippen molar-refractivity contribution in [1.29, 1.82) is 0 Å². The second-order valence-corrected chi connectivity index (χ2v) is 5.45. The number of urea groups is 1. The molecule has 0 saturated heterocycles. The van der Waals surface area contributed by atoms with Crippen molar-refractivity contribution in [2.45, 2.75) is 70.9 Å². The summed E-state index contributed by atoms with van der Waals surface area (Å²) in [5.74, 6) is -0.947. The van der Waals surface area contributed by atoms with E-state index < -0.39 is 5.97 Å². The van der Waals surface area contributed by atoms with Gasteiger partial charge < -0.3 is 15.3 Å². The molecule has 0 heterocycles.